The fraction of sp³-hybridized carbons (Fsp3) is 0. The molecule has 3 aromatic heterocycles. The molecule has 0 fully saturated rings. The van der Waals surface area contributed by atoms with E-state index in [1.807, 2.05) is 23.5 Å². The molecule has 0 spiro atoms. The Hall–Kier alpha value is -7.14. The highest BCUT2D eigenvalue weighted by atomic mass is 32.1. The van der Waals surface area contributed by atoms with E-state index in [-0.39, 0.29) is 0 Å². The number of para-hydroxylation sites is 1. The third kappa shape index (κ3) is 4.70. The van der Waals surface area contributed by atoms with Gasteiger partial charge in [0.05, 0.1) is 11.1 Å². The predicted molar refractivity (Wildman–Crippen MR) is 237 cm³/mol. The molecule has 4 heteroatoms. The van der Waals surface area contributed by atoms with Gasteiger partial charge < -0.3 is 13.7 Å². The minimum absolute atomic E-state index is 0.865. The average molecular weight is 734 g/mol. The summed E-state index contributed by atoms with van der Waals surface area (Å²) in [5.74, 6) is 0. The second-order valence-electron chi connectivity index (χ2n) is 14.4. The number of furan rings is 2. The Labute approximate surface area is 325 Å². The Kier molecular flexibility index (Phi) is 6.80. The minimum atomic E-state index is 0.865. The Morgan fingerprint density at radius 2 is 0.946 bits per heavy atom. The quantitative estimate of drug-likeness (QED) is 0.176. The normalized spacial score (nSPS) is 11.9. The summed E-state index contributed by atoms with van der Waals surface area (Å²) in [5, 5.41) is 9.38. The van der Waals surface area contributed by atoms with Crippen molar-refractivity contribution in [3.63, 3.8) is 0 Å². The van der Waals surface area contributed by atoms with E-state index >= 15 is 0 Å². The highest BCUT2D eigenvalue weighted by Gasteiger charge is 2.21. The summed E-state index contributed by atoms with van der Waals surface area (Å²) < 4.78 is 15.6. The Balaban J connectivity index is 1.02. The number of fused-ring (bicyclic) bond motifs is 11. The second kappa shape index (κ2) is 12.2. The summed E-state index contributed by atoms with van der Waals surface area (Å²) >= 11 is 1.85. The number of hydrogen-bond donors (Lipinski definition) is 0. The van der Waals surface area contributed by atoms with Crippen molar-refractivity contribution in [3.8, 4) is 22.3 Å². The summed E-state index contributed by atoms with van der Waals surface area (Å²) in [6.45, 7) is 0. The fourth-order valence-corrected chi connectivity index (χ4v) is 9.89. The van der Waals surface area contributed by atoms with Crippen LogP contribution in [0.3, 0.4) is 0 Å². The van der Waals surface area contributed by atoms with Crippen molar-refractivity contribution in [2.45, 2.75) is 0 Å². The fourth-order valence-electron chi connectivity index (χ4n) is 8.76. The van der Waals surface area contributed by atoms with Crippen LogP contribution in [0, 0.1) is 0 Å². The van der Waals surface area contributed by atoms with Gasteiger partial charge in [0, 0.05) is 53.1 Å². The van der Waals surface area contributed by atoms with E-state index in [4.69, 9.17) is 8.83 Å². The monoisotopic (exact) mass is 733 g/mol. The van der Waals surface area contributed by atoms with Crippen LogP contribution in [0.15, 0.2) is 197 Å². The lowest BCUT2D eigenvalue weighted by molar-refractivity contribution is 0.669. The zero-order valence-corrected chi connectivity index (χ0v) is 30.9. The van der Waals surface area contributed by atoms with Crippen molar-refractivity contribution in [2.75, 3.05) is 4.90 Å². The lowest BCUT2D eigenvalue weighted by Gasteiger charge is -2.26. The smallest absolute Gasteiger partial charge is 0.143 e. The molecule has 262 valence electrons. The predicted octanol–water partition coefficient (Wildman–Crippen LogP) is 15.8. The van der Waals surface area contributed by atoms with Gasteiger partial charge in [-0.15, -0.1) is 11.3 Å². The van der Waals surface area contributed by atoms with Gasteiger partial charge in [0.15, 0.2) is 0 Å². The lowest BCUT2D eigenvalue weighted by atomic mass is 9.97. The molecule has 0 atom stereocenters. The summed E-state index contributed by atoms with van der Waals surface area (Å²) in [6, 6.07) is 67.2. The van der Waals surface area contributed by atoms with Gasteiger partial charge in [-0.3, -0.25) is 0 Å². The molecule has 12 aromatic rings. The van der Waals surface area contributed by atoms with Crippen LogP contribution in [0.4, 0.5) is 17.1 Å². The first-order valence-electron chi connectivity index (χ1n) is 18.9. The van der Waals surface area contributed by atoms with Crippen LogP contribution in [0.1, 0.15) is 0 Å². The molecule has 0 N–H and O–H groups in total. The van der Waals surface area contributed by atoms with Crippen molar-refractivity contribution in [2.24, 2.45) is 0 Å². The van der Waals surface area contributed by atoms with Gasteiger partial charge >= 0.3 is 0 Å². The van der Waals surface area contributed by atoms with Gasteiger partial charge in [0.1, 0.15) is 22.3 Å². The number of anilines is 3. The van der Waals surface area contributed by atoms with E-state index in [0.29, 0.717) is 0 Å². The maximum absolute atomic E-state index is 6.54. The molecular weight excluding hydrogens is 703 g/mol. The molecule has 0 radical (unpaired) electrons. The number of rotatable bonds is 5. The molecule has 3 heterocycles. The molecule has 0 aliphatic heterocycles. The van der Waals surface area contributed by atoms with E-state index in [0.717, 1.165) is 77.5 Å². The molecule has 0 aliphatic carbocycles. The van der Waals surface area contributed by atoms with E-state index in [9.17, 15) is 0 Å². The minimum Gasteiger partial charge on any atom is -0.456 e. The van der Waals surface area contributed by atoms with Gasteiger partial charge in [0.2, 0.25) is 0 Å². The van der Waals surface area contributed by atoms with Crippen molar-refractivity contribution in [3.05, 3.63) is 188 Å². The highest BCUT2D eigenvalue weighted by molar-refractivity contribution is 7.25. The largest absolute Gasteiger partial charge is 0.456 e. The van der Waals surface area contributed by atoms with Gasteiger partial charge in [-0.1, -0.05) is 121 Å². The van der Waals surface area contributed by atoms with Crippen molar-refractivity contribution >= 4 is 103 Å². The van der Waals surface area contributed by atoms with Crippen LogP contribution >= 0.6 is 11.3 Å². The third-order valence-electron chi connectivity index (χ3n) is 11.3. The number of hydrogen-bond acceptors (Lipinski definition) is 4. The Morgan fingerprint density at radius 3 is 1.73 bits per heavy atom. The van der Waals surface area contributed by atoms with Gasteiger partial charge in [-0.05, 0) is 94.4 Å². The van der Waals surface area contributed by atoms with Gasteiger partial charge in [0.25, 0.3) is 0 Å². The highest BCUT2D eigenvalue weighted by Crippen LogP contribution is 2.46. The SMILES string of the molecule is c1ccc2c(c1)ccc1c2oc2cccc(-c3ccc(N(c4ccc(-c5cccc6sc7ccccc7c56)cc4)c4cccc5oc6ccccc6c45)cc3)c21. The van der Waals surface area contributed by atoms with Crippen molar-refractivity contribution in [1.29, 1.82) is 0 Å². The second-order valence-corrected chi connectivity index (χ2v) is 15.5. The number of benzene rings is 9. The maximum Gasteiger partial charge on any atom is 0.143 e. The Morgan fingerprint density at radius 1 is 0.357 bits per heavy atom. The van der Waals surface area contributed by atoms with Crippen LogP contribution in [0.5, 0.6) is 0 Å². The summed E-state index contributed by atoms with van der Waals surface area (Å²) in [7, 11) is 0. The molecule has 0 unspecified atom stereocenters. The molecule has 9 aromatic carbocycles. The molecular formula is C52H31NO2S. The molecule has 0 bridgehead atoms. The van der Waals surface area contributed by atoms with E-state index in [2.05, 4.69) is 181 Å². The topological polar surface area (TPSA) is 29.5 Å². The van der Waals surface area contributed by atoms with Crippen molar-refractivity contribution in [1.82, 2.24) is 0 Å². The summed E-state index contributed by atoms with van der Waals surface area (Å²) in [5.41, 5.74) is 11.5. The first-order valence-corrected chi connectivity index (χ1v) is 19.7. The van der Waals surface area contributed by atoms with Gasteiger partial charge in [-0.2, -0.15) is 0 Å². The van der Waals surface area contributed by atoms with E-state index in [1.54, 1.807) is 0 Å². The molecule has 3 nitrogen and oxygen atoms in total. The van der Waals surface area contributed by atoms with Crippen LogP contribution in [-0.4, -0.2) is 0 Å². The van der Waals surface area contributed by atoms with Gasteiger partial charge in [-0.25, -0.2) is 0 Å². The molecule has 12 rings (SSSR count). The summed E-state index contributed by atoms with van der Waals surface area (Å²) in [4.78, 5) is 2.36. The first-order chi connectivity index (χ1) is 27.8. The maximum atomic E-state index is 6.54. The number of thiophene rings is 1. The zero-order valence-electron chi connectivity index (χ0n) is 30.1. The molecule has 0 saturated heterocycles. The van der Waals surface area contributed by atoms with E-state index < -0.39 is 0 Å². The van der Waals surface area contributed by atoms with E-state index in [1.165, 1.54) is 36.7 Å². The average Bonchev–Trinajstić information content (AvgIpc) is 3.96. The standard InChI is InChI=1S/C52H31NO2S/c1-2-11-39-32(10-1)26-31-42-49-37(14-7-18-45(49)55-52(39)42)33-22-27-35(28-23-33)53(43-16-9-19-46-51(43)40-12-3-5-17-44(40)54-46)36-29-24-34(25-30-36)38-15-8-21-48-50(38)41-13-4-6-20-47(41)56-48/h1-31H. The molecule has 0 amide bonds. The zero-order chi connectivity index (χ0) is 36.7. The van der Waals surface area contributed by atoms with Crippen LogP contribution in [-0.2, 0) is 0 Å². The Bertz CT molecular complexity index is 3480. The first kappa shape index (κ1) is 31.2. The lowest BCUT2D eigenvalue weighted by Crippen LogP contribution is -2.10. The summed E-state index contributed by atoms with van der Waals surface area (Å²) in [6.07, 6.45) is 0. The van der Waals surface area contributed by atoms with Crippen LogP contribution < -0.4 is 4.90 Å². The molecule has 0 saturated carbocycles. The number of nitrogens with zero attached hydrogens (tertiary/aromatic N) is 1. The third-order valence-corrected chi connectivity index (χ3v) is 12.4. The molecule has 0 aliphatic rings. The van der Waals surface area contributed by atoms with Crippen molar-refractivity contribution < 1.29 is 8.83 Å². The molecule has 56 heavy (non-hydrogen) atoms. The van der Waals surface area contributed by atoms with Crippen LogP contribution in [0.25, 0.3) is 97.1 Å². The van der Waals surface area contributed by atoms with Crippen LogP contribution in [0.2, 0.25) is 0 Å².